The fourth-order valence-electron chi connectivity index (χ4n) is 2.09. The normalized spacial score (nSPS) is 18.6. The number of para-hydroxylation sites is 2. The number of nitrogens with zero attached hydrogens (tertiary/aromatic N) is 1. The maximum Gasteiger partial charge on any atom is 0.216 e. The van der Waals surface area contributed by atoms with Gasteiger partial charge in [0.2, 0.25) is 10.0 Å². The van der Waals surface area contributed by atoms with E-state index >= 15 is 0 Å². The zero-order chi connectivity index (χ0) is 14.8. The zero-order valence-electron chi connectivity index (χ0n) is 12.1. The topological polar surface area (TPSA) is 55.8 Å². The molecule has 0 bridgehead atoms. The van der Waals surface area contributed by atoms with Crippen molar-refractivity contribution in [1.29, 1.82) is 0 Å². The molecule has 0 radical (unpaired) electrons. The third-order valence-electron chi connectivity index (χ3n) is 3.28. The van der Waals surface area contributed by atoms with Gasteiger partial charge in [-0.05, 0) is 26.0 Å². The molecule has 6 heteroatoms. The molecule has 5 nitrogen and oxygen atoms in total. The monoisotopic (exact) mass is 299 g/mol. The first-order valence-corrected chi connectivity index (χ1v) is 8.33. The molecule has 20 heavy (non-hydrogen) atoms. The van der Waals surface area contributed by atoms with Gasteiger partial charge in [-0.25, -0.2) is 8.42 Å². The van der Waals surface area contributed by atoms with Crippen molar-refractivity contribution in [3.63, 3.8) is 0 Å². The van der Waals surface area contributed by atoms with Crippen molar-refractivity contribution in [2.75, 3.05) is 19.7 Å². The van der Waals surface area contributed by atoms with E-state index in [0.29, 0.717) is 31.2 Å². The number of rotatable bonds is 5. The molecule has 0 amide bonds. The molecule has 0 saturated carbocycles. The number of sulfonamides is 1. The van der Waals surface area contributed by atoms with Gasteiger partial charge in [0.1, 0.15) is 12.7 Å². The summed E-state index contributed by atoms with van der Waals surface area (Å²) in [5.74, 6) is 1.38. The molecule has 0 N–H and O–H groups in total. The van der Waals surface area contributed by atoms with Gasteiger partial charge in [0.15, 0.2) is 11.5 Å². The molecule has 0 saturated heterocycles. The summed E-state index contributed by atoms with van der Waals surface area (Å²) < 4.78 is 37.3. The molecule has 112 valence electrons. The molecule has 1 aliphatic heterocycles. The molecule has 1 aliphatic rings. The molecule has 1 atom stereocenters. The van der Waals surface area contributed by atoms with Gasteiger partial charge < -0.3 is 9.47 Å². The summed E-state index contributed by atoms with van der Waals surface area (Å²) in [6, 6.07) is 7.42. The molecule has 0 spiro atoms. The van der Waals surface area contributed by atoms with Crippen molar-refractivity contribution in [1.82, 2.24) is 4.31 Å². The van der Waals surface area contributed by atoms with Crippen LogP contribution in [-0.4, -0.2) is 43.8 Å². The molecule has 1 aromatic rings. The molecule has 0 aromatic heterocycles. The summed E-state index contributed by atoms with van der Waals surface area (Å²) in [6.45, 7) is 6.31. The van der Waals surface area contributed by atoms with E-state index in [9.17, 15) is 8.42 Å². The fourth-order valence-corrected chi connectivity index (χ4v) is 3.42. The standard InChI is InChI=1S/C14H21NO4S/c1-4-15(20(16,17)11(2)3)9-12-10-18-13-7-5-6-8-14(13)19-12/h5-8,11-12H,4,9-10H2,1-3H3. The summed E-state index contributed by atoms with van der Waals surface area (Å²) >= 11 is 0. The molecular weight excluding hydrogens is 278 g/mol. The second-order valence-electron chi connectivity index (χ2n) is 5.04. The van der Waals surface area contributed by atoms with E-state index in [1.54, 1.807) is 13.8 Å². The third kappa shape index (κ3) is 3.07. The van der Waals surface area contributed by atoms with Gasteiger partial charge in [0, 0.05) is 6.54 Å². The fraction of sp³-hybridized carbons (Fsp3) is 0.571. The molecule has 2 rings (SSSR count). The Hall–Kier alpha value is -1.27. The second kappa shape index (κ2) is 6.01. The van der Waals surface area contributed by atoms with Crippen LogP contribution >= 0.6 is 0 Å². The Balaban J connectivity index is 2.08. The van der Waals surface area contributed by atoms with Crippen LogP contribution in [0, 0.1) is 0 Å². The minimum atomic E-state index is -3.27. The van der Waals surface area contributed by atoms with Crippen LogP contribution in [0.5, 0.6) is 11.5 Å². The minimum Gasteiger partial charge on any atom is -0.486 e. The summed E-state index contributed by atoms with van der Waals surface area (Å²) in [5.41, 5.74) is 0. The Labute approximate surface area is 120 Å². The summed E-state index contributed by atoms with van der Waals surface area (Å²) in [5, 5.41) is -0.431. The Bertz CT molecular complexity index is 556. The Morgan fingerprint density at radius 3 is 2.55 bits per heavy atom. The van der Waals surface area contributed by atoms with E-state index in [2.05, 4.69) is 0 Å². The summed E-state index contributed by atoms with van der Waals surface area (Å²) in [4.78, 5) is 0. The van der Waals surface area contributed by atoms with Crippen molar-refractivity contribution in [3.8, 4) is 11.5 Å². The van der Waals surface area contributed by atoms with Crippen LogP contribution in [0.25, 0.3) is 0 Å². The van der Waals surface area contributed by atoms with E-state index in [-0.39, 0.29) is 6.10 Å². The van der Waals surface area contributed by atoms with Crippen molar-refractivity contribution in [2.24, 2.45) is 0 Å². The van der Waals surface area contributed by atoms with E-state index in [4.69, 9.17) is 9.47 Å². The number of hydrogen-bond donors (Lipinski definition) is 0. The van der Waals surface area contributed by atoms with Gasteiger partial charge in [-0.2, -0.15) is 4.31 Å². The summed E-state index contributed by atoms with van der Waals surface area (Å²) in [6.07, 6.45) is -0.279. The molecule has 1 heterocycles. The third-order valence-corrected chi connectivity index (χ3v) is 5.60. The lowest BCUT2D eigenvalue weighted by Crippen LogP contribution is -2.45. The van der Waals surface area contributed by atoms with Crippen molar-refractivity contribution < 1.29 is 17.9 Å². The largest absolute Gasteiger partial charge is 0.486 e. The molecule has 1 aromatic carbocycles. The van der Waals surface area contributed by atoms with Gasteiger partial charge >= 0.3 is 0 Å². The lowest BCUT2D eigenvalue weighted by Gasteiger charge is -2.31. The smallest absolute Gasteiger partial charge is 0.216 e. The SMILES string of the molecule is CCN(CC1COc2ccccc2O1)S(=O)(=O)C(C)C. The van der Waals surface area contributed by atoms with Crippen molar-refractivity contribution >= 4 is 10.0 Å². The molecular formula is C14H21NO4S. The zero-order valence-corrected chi connectivity index (χ0v) is 12.9. The number of hydrogen-bond acceptors (Lipinski definition) is 4. The van der Waals surface area contributed by atoms with Crippen LogP contribution in [-0.2, 0) is 10.0 Å². The minimum absolute atomic E-state index is 0.279. The van der Waals surface area contributed by atoms with E-state index < -0.39 is 15.3 Å². The predicted octanol–water partition coefficient (Wildman–Crippen LogP) is 1.89. The van der Waals surface area contributed by atoms with Gasteiger partial charge in [-0.15, -0.1) is 0 Å². The lowest BCUT2D eigenvalue weighted by molar-refractivity contribution is 0.0770. The number of ether oxygens (including phenoxy) is 2. The van der Waals surface area contributed by atoms with E-state index in [1.165, 1.54) is 4.31 Å². The Morgan fingerprint density at radius 2 is 1.95 bits per heavy atom. The summed E-state index contributed by atoms with van der Waals surface area (Å²) in [7, 11) is -3.27. The highest BCUT2D eigenvalue weighted by molar-refractivity contribution is 7.89. The molecule has 0 aliphatic carbocycles. The van der Waals surface area contributed by atoms with Crippen LogP contribution in [0.2, 0.25) is 0 Å². The van der Waals surface area contributed by atoms with Crippen LogP contribution in [0.3, 0.4) is 0 Å². The first-order valence-electron chi connectivity index (χ1n) is 6.82. The second-order valence-corrected chi connectivity index (χ2v) is 7.53. The molecule has 1 unspecified atom stereocenters. The van der Waals surface area contributed by atoms with Gasteiger partial charge in [0.25, 0.3) is 0 Å². The maximum atomic E-state index is 12.2. The first kappa shape index (κ1) is 15.1. The highest BCUT2D eigenvalue weighted by Crippen LogP contribution is 2.31. The van der Waals surface area contributed by atoms with Crippen molar-refractivity contribution in [3.05, 3.63) is 24.3 Å². The number of likely N-dealkylation sites (N-methyl/N-ethyl adjacent to an activating group) is 1. The van der Waals surface area contributed by atoms with Gasteiger partial charge in [0.05, 0.1) is 11.8 Å². The average Bonchev–Trinajstić information content (AvgIpc) is 2.44. The van der Waals surface area contributed by atoms with Crippen LogP contribution in [0.1, 0.15) is 20.8 Å². The van der Waals surface area contributed by atoms with Crippen LogP contribution in [0.15, 0.2) is 24.3 Å². The predicted molar refractivity (Wildman–Crippen MR) is 77.7 cm³/mol. The molecule has 0 fully saturated rings. The van der Waals surface area contributed by atoms with E-state index in [0.717, 1.165) is 0 Å². The van der Waals surface area contributed by atoms with Crippen LogP contribution < -0.4 is 9.47 Å². The van der Waals surface area contributed by atoms with Gasteiger partial charge in [-0.3, -0.25) is 0 Å². The average molecular weight is 299 g/mol. The highest BCUT2D eigenvalue weighted by atomic mass is 32.2. The quantitative estimate of drug-likeness (QED) is 0.833. The Kier molecular flexibility index (Phi) is 4.55. The maximum absolute atomic E-state index is 12.2. The van der Waals surface area contributed by atoms with Gasteiger partial charge in [-0.1, -0.05) is 19.1 Å². The van der Waals surface area contributed by atoms with E-state index in [1.807, 2.05) is 31.2 Å². The van der Waals surface area contributed by atoms with Crippen molar-refractivity contribution in [2.45, 2.75) is 32.1 Å². The lowest BCUT2D eigenvalue weighted by atomic mass is 10.2. The number of fused-ring (bicyclic) bond motifs is 1. The Morgan fingerprint density at radius 1 is 1.30 bits per heavy atom. The number of benzene rings is 1. The highest BCUT2D eigenvalue weighted by Gasteiger charge is 2.30. The van der Waals surface area contributed by atoms with Crippen LogP contribution in [0.4, 0.5) is 0 Å². The first-order chi connectivity index (χ1) is 9.45.